The number of carbonyl (C=O) groups excluding carboxylic acids is 4. The quantitative estimate of drug-likeness (QED) is 0.0222. The summed E-state index contributed by atoms with van der Waals surface area (Å²) in [5.74, 6) is -1.41. The SMILES string of the molecule is CCCCCCCCCCCCCCCCC(=O)O[C@H](COC(=O)CCCCCCCCCCCCCCC)COP(=O)(O)OC[C@@H](O)COP(=O)(O)OC[C@@H](COC(=O)CCCCCCCCCCCC)OC(=O)CCCCCCCCC(C)CC. The first-order chi connectivity index (χ1) is 42.1. The van der Waals surface area contributed by atoms with E-state index in [1.165, 1.54) is 173 Å². The van der Waals surface area contributed by atoms with Crippen molar-refractivity contribution >= 4 is 39.5 Å². The topological polar surface area (TPSA) is 237 Å². The molecule has 3 N–H and O–H groups in total. The lowest BCUT2D eigenvalue weighted by Gasteiger charge is -2.21. The van der Waals surface area contributed by atoms with Gasteiger partial charge in [-0.25, -0.2) is 9.13 Å². The van der Waals surface area contributed by atoms with Crippen molar-refractivity contribution in [2.45, 2.75) is 368 Å². The summed E-state index contributed by atoms with van der Waals surface area (Å²) in [6, 6.07) is 0. The van der Waals surface area contributed by atoms with Crippen molar-refractivity contribution in [3.63, 3.8) is 0 Å². The maximum atomic E-state index is 13.0. The van der Waals surface area contributed by atoms with Crippen LogP contribution in [0.1, 0.15) is 349 Å². The number of rotatable bonds is 68. The fraction of sp³-hybridized carbons (Fsp3) is 0.941. The molecule has 0 aromatic heterocycles. The van der Waals surface area contributed by atoms with E-state index < -0.39 is 97.5 Å². The summed E-state index contributed by atoms with van der Waals surface area (Å²) in [7, 11) is -9.89. The molecule has 6 atom stereocenters. The second kappa shape index (κ2) is 61.6. The molecule has 0 aliphatic carbocycles. The van der Waals surface area contributed by atoms with Crippen LogP contribution in [0.4, 0.5) is 0 Å². The summed E-state index contributed by atoms with van der Waals surface area (Å²) in [6.45, 7) is 7.18. The molecular weight excluding hydrogens is 1150 g/mol. The molecule has 19 heteroatoms. The van der Waals surface area contributed by atoms with Crippen molar-refractivity contribution < 1.29 is 80.2 Å². The first kappa shape index (κ1) is 85.1. The van der Waals surface area contributed by atoms with Gasteiger partial charge in [-0.2, -0.15) is 0 Å². The van der Waals surface area contributed by atoms with Crippen LogP contribution in [0.2, 0.25) is 0 Å². The van der Waals surface area contributed by atoms with Crippen LogP contribution in [-0.4, -0.2) is 96.7 Å². The van der Waals surface area contributed by atoms with E-state index in [1.807, 2.05) is 0 Å². The Bertz CT molecular complexity index is 1690. The number of aliphatic hydroxyl groups excluding tert-OH is 1. The van der Waals surface area contributed by atoms with Gasteiger partial charge in [0.25, 0.3) is 0 Å². The monoisotopic (exact) mass is 1280 g/mol. The highest BCUT2D eigenvalue weighted by Crippen LogP contribution is 2.45. The average Bonchev–Trinajstić information content (AvgIpc) is 3.68. The molecule has 0 aliphatic heterocycles. The van der Waals surface area contributed by atoms with Crippen LogP contribution in [0.5, 0.6) is 0 Å². The van der Waals surface area contributed by atoms with Crippen LogP contribution in [0, 0.1) is 5.92 Å². The van der Waals surface area contributed by atoms with E-state index >= 15 is 0 Å². The Morgan fingerprint density at radius 1 is 0.322 bits per heavy atom. The third-order valence-corrected chi connectivity index (χ3v) is 18.0. The fourth-order valence-electron chi connectivity index (χ4n) is 10.3. The van der Waals surface area contributed by atoms with Gasteiger partial charge in [0, 0.05) is 25.7 Å². The van der Waals surface area contributed by atoms with Crippen LogP contribution >= 0.6 is 15.6 Å². The Labute approximate surface area is 530 Å². The fourth-order valence-corrected chi connectivity index (χ4v) is 11.8. The largest absolute Gasteiger partial charge is 0.472 e. The van der Waals surface area contributed by atoms with Gasteiger partial charge in [-0.1, -0.05) is 298 Å². The molecule has 0 aromatic rings. The number of phosphoric acid groups is 2. The molecule has 516 valence electrons. The van der Waals surface area contributed by atoms with E-state index in [2.05, 4.69) is 34.6 Å². The molecule has 0 saturated heterocycles. The first-order valence-corrected chi connectivity index (χ1v) is 38.7. The van der Waals surface area contributed by atoms with Crippen molar-refractivity contribution in [2.75, 3.05) is 39.6 Å². The summed E-state index contributed by atoms with van der Waals surface area (Å²) in [4.78, 5) is 72.4. The normalized spacial score (nSPS) is 14.4. The van der Waals surface area contributed by atoms with Crippen molar-refractivity contribution in [3.8, 4) is 0 Å². The lowest BCUT2D eigenvalue weighted by molar-refractivity contribution is -0.161. The summed E-state index contributed by atoms with van der Waals surface area (Å²) in [5.41, 5.74) is 0. The predicted octanol–water partition coefficient (Wildman–Crippen LogP) is 19.4. The predicted molar refractivity (Wildman–Crippen MR) is 349 cm³/mol. The lowest BCUT2D eigenvalue weighted by Crippen LogP contribution is -2.30. The van der Waals surface area contributed by atoms with Gasteiger partial charge >= 0.3 is 39.5 Å². The van der Waals surface area contributed by atoms with Gasteiger partial charge in [0.15, 0.2) is 12.2 Å². The highest BCUT2D eigenvalue weighted by Gasteiger charge is 2.30. The molecule has 87 heavy (non-hydrogen) atoms. The molecule has 0 radical (unpaired) electrons. The zero-order chi connectivity index (χ0) is 64.2. The van der Waals surface area contributed by atoms with Crippen LogP contribution in [0.25, 0.3) is 0 Å². The minimum Gasteiger partial charge on any atom is -0.462 e. The van der Waals surface area contributed by atoms with Gasteiger partial charge in [0.05, 0.1) is 26.4 Å². The maximum Gasteiger partial charge on any atom is 0.472 e. The third kappa shape index (κ3) is 61.3. The number of esters is 4. The number of phosphoric ester groups is 2. The Morgan fingerprint density at radius 3 is 0.816 bits per heavy atom. The number of ether oxygens (including phenoxy) is 4. The van der Waals surface area contributed by atoms with Gasteiger partial charge in [0.2, 0.25) is 0 Å². The van der Waals surface area contributed by atoms with Crippen LogP contribution in [0.3, 0.4) is 0 Å². The summed E-state index contributed by atoms with van der Waals surface area (Å²) < 4.78 is 68.2. The van der Waals surface area contributed by atoms with E-state index in [9.17, 15) is 43.2 Å². The van der Waals surface area contributed by atoms with E-state index in [0.29, 0.717) is 25.7 Å². The molecule has 0 rings (SSSR count). The zero-order valence-electron chi connectivity index (χ0n) is 56.2. The highest BCUT2D eigenvalue weighted by atomic mass is 31.2. The molecule has 0 amide bonds. The Morgan fingerprint density at radius 2 is 0.552 bits per heavy atom. The molecule has 0 fully saturated rings. The lowest BCUT2D eigenvalue weighted by atomic mass is 10.00. The molecule has 0 saturated carbocycles. The molecule has 0 aromatic carbocycles. The molecule has 0 aliphatic rings. The minimum absolute atomic E-state index is 0.103. The van der Waals surface area contributed by atoms with Crippen LogP contribution < -0.4 is 0 Å². The van der Waals surface area contributed by atoms with Crippen LogP contribution in [-0.2, 0) is 65.4 Å². The number of hydrogen-bond acceptors (Lipinski definition) is 15. The smallest absolute Gasteiger partial charge is 0.462 e. The average molecular weight is 1280 g/mol. The molecule has 17 nitrogen and oxygen atoms in total. The van der Waals surface area contributed by atoms with Crippen molar-refractivity contribution in [2.24, 2.45) is 5.92 Å². The number of aliphatic hydroxyl groups is 1. The van der Waals surface area contributed by atoms with E-state index in [4.69, 9.17) is 37.0 Å². The van der Waals surface area contributed by atoms with Gasteiger partial charge in [-0.3, -0.25) is 37.3 Å². The van der Waals surface area contributed by atoms with Crippen LogP contribution in [0.15, 0.2) is 0 Å². The second-order valence-corrected chi connectivity index (χ2v) is 27.7. The minimum atomic E-state index is -4.95. The molecular formula is C68H132O17P2. The Balaban J connectivity index is 5.24. The highest BCUT2D eigenvalue weighted by molar-refractivity contribution is 7.47. The second-order valence-electron chi connectivity index (χ2n) is 24.8. The molecule has 3 unspecified atom stereocenters. The van der Waals surface area contributed by atoms with Gasteiger partial charge < -0.3 is 33.8 Å². The number of carbonyl (C=O) groups is 4. The van der Waals surface area contributed by atoms with E-state index in [1.54, 1.807) is 0 Å². The van der Waals surface area contributed by atoms with Crippen molar-refractivity contribution in [1.82, 2.24) is 0 Å². The Kier molecular flexibility index (Phi) is 60.2. The van der Waals surface area contributed by atoms with E-state index in [-0.39, 0.29) is 25.7 Å². The van der Waals surface area contributed by atoms with Gasteiger partial charge in [-0.05, 0) is 31.6 Å². The molecule has 0 spiro atoms. The zero-order valence-corrected chi connectivity index (χ0v) is 57.9. The van der Waals surface area contributed by atoms with Crippen molar-refractivity contribution in [3.05, 3.63) is 0 Å². The summed E-state index contributed by atoms with van der Waals surface area (Å²) in [5, 5.41) is 10.6. The number of hydrogen-bond donors (Lipinski definition) is 3. The molecule has 0 heterocycles. The first-order valence-electron chi connectivity index (χ1n) is 35.7. The third-order valence-electron chi connectivity index (χ3n) is 16.1. The van der Waals surface area contributed by atoms with E-state index in [0.717, 1.165) is 95.8 Å². The standard InChI is InChI=1S/C68H132O17P2/c1-6-10-13-16-19-22-25-27-29-31-34-37-43-48-53-67(72)84-63(57-78-66(71)52-47-42-36-33-30-28-26-23-20-17-14-11-7-2)59-82-86(74,75)80-55-62(69)56-81-87(76,77)83-60-64(85-68(73)54-49-44-39-38-40-45-50-61(5)9-4)58-79-65(70)51-46-41-35-32-24-21-18-15-12-8-3/h61-64,69H,6-60H2,1-5H3,(H,74,75)(H,76,77)/t61?,62-,63-,64-/m1/s1. The summed E-state index contributed by atoms with van der Waals surface area (Å²) in [6.07, 6.45) is 47.1. The maximum absolute atomic E-state index is 13.0. The summed E-state index contributed by atoms with van der Waals surface area (Å²) >= 11 is 0. The van der Waals surface area contributed by atoms with Gasteiger partial charge in [0.1, 0.15) is 19.3 Å². The number of unbranched alkanes of at least 4 members (excludes halogenated alkanes) is 39. The van der Waals surface area contributed by atoms with Crippen molar-refractivity contribution in [1.29, 1.82) is 0 Å². The van der Waals surface area contributed by atoms with Gasteiger partial charge in [-0.15, -0.1) is 0 Å². The Hall–Kier alpha value is -1.94. The molecule has 0 bridgehead atoms.